The first-order valence-corrected chi connectivity index (χ1v) is 7.44. The van der Waals surface area contributed by atoms with Crippen molar-refractivity contribution in [1.82, 2.24) is 5.32 Å². The van der Waals surface area contributed by atoms with Crippen molar-refractivity contribution in [3.63, 3.8) is 0 Å². The molecule has 1 aromatic carbocycles. The molecule has 4 nitrogen and oxygen atoms in total. The first kappa shape index (κ1) is 15.6. The van der Waals surface area contributed by atoms with Crippen molar-refractivity contribution in [2.24, 2.45) is 0 Å². The van der Waals surface area contributed by atoms with Gasteiger partial charge in [0.25, 0.3) is 0 Å². The van der Waals surface area contributed by atoms with E-state index >= 15 is 0 Å². The third kappa shape index (κ3) is 3.46. The Morgan fingerprint density at radius 1 is 1.43 bits per heavy atom. The zero-order valence-electron chi connectivity index (χ0n) is 12.1. The largest absolute Gasteiger partial charge is 0.306 e. The van der Waals surface area contributed by atoms with Crippen LogP contribution in [0.5, 0.6) is 0 Å². The van der Waals surface area contributed by atoms with Gasteiger partial charge in [-0.2, -0.15) is 4.39 Å². The lowest BCUT2D eigenvalue weighted by Crippen LogP contribution is -2.19. The number of aryl methyl sites for hydroxylation is 2. The summed E-state index contributed by atoms with van der Waals surface area (Å²) in [6, 6.07) is 6.42. The Morgan fingerprint density at radius 2 is 2.14 bits per heavy atom. The van der Waals surface area contributed by atoms with Gasteiger partial charge in [0.2, 0.25) is 5.82 Å². The monoisotopic (exact) mass is 308 g/mol. The van der Waals surface area contributed by atoms with E-state index in [-0.39, 0.29) is 12.6 Å². The van der Waals surface area contributed by atoms with E-state index < -0.39 is 16.4 Å². The van der Waals surface area contributed by atoms with Gasteiger partial charge in [0.1, 0.15) is 0 Å². The number of nitrogens with one attached hydrogen (secondary N) is 1. The van der Waals surface area contributed by atoms with Crippen LogP contribution in [-0.4, -0.2) is 4.92 Å². The fraction of sp³-hybridized carbons (Fsp3) is 0.333. The molecular formula is C15H17FN2O2S. The molecule has 2 aromatic rings. The highest BCUT2D eigenvalue weighted by atomic mass is 32.1. The van der Waals surface area contributed by atoms with Crippen LogP contribution < -0.4 is 5.32 Å². The number of thiophene rings is 1. The maximum Gasteiger partial charge on any atom is 0.305 e. The van der Waals surface area contributed by atoms with Gasteiger partial charge < -0.3 is 5.32 Å². The lowest BCUT2D eigenvalue weighted by Gasteiger charge is -2.14. The maximum atomic E-state index is 14.0. The number of hydrogen-bond donors (Lipinski definition) is 1. The summed E-state index contributed by atoms with van der Waals surface area (Å²) in [5.74, 6) is -0.763. The van der Waals surface area contributed by atoms with Crippen molar-refractivity contribution in [3.8, 4) is 0 Å². The van der Waals surface area contributed by atoms with Crippen LogP contribution in [0.1, 0.15) is 33.8 Å². The second-order valence-corrected chi connectivity index (χ2v) is 6.44. The van der Waals surface area contributed by atoms with Gasteiger partial charge >= 0.3 is 5.69 Å². The molecule has 0 saturated carbocycles. The van der Waals surface area contributed by atoms with Crippen LogP contribution in [0.4, 0.5) is 10.1 Å². The van der Waals surface area contributed by atoms with Gasteiger partial charge in [0.15, 0.2) is 0 Å². The molecule has 0 aliphatic carbocycles. The highest BCUT2D eigenvalue weighted by molar-refractivity contribution is 7.12. The van der Waals surface area contributed by atoms with Crippen molar-refractivity contribution in [2.45, 2.75) is 33.4 Å². The molecule has 0 bridgehead atoms. The number of benzene rings is 1. The van der Waals surface area contributed by atoms with Crippen LogP contribution in [0, 0.1) is 29.8 Å². The molecule has 0 saturated heterocycles. The predicted molar refractivity (Wildman–Crippen MR) is 82.1 cm³/mol. The summed E-state index contributed by atoms with van der Waals surface area (Å²) < 4.78 is 14.0. The normalized spacial score (nSPS) is 12.4. The minimum absolute atomic E-state index is 0.0635. The molecule has 1 N–H and O–H groups in total. The van der Waals surface area contributed by atoms with E-state index in [9.17, 15) is 14.5 Å². The summed E-state index contributed by atoms with van der Waals surface area (Å²) in [7, 11) is 0. The van der Waals surface area contributed by atoms with E-state index in [1.165, 1.54) is 27.5 Å². The summed E-state index contributed by atoms with van der Waals surface area (Å²) in [5, 5.41) is 13.9. The van der Waals surface area contributed by atoms with Gasteiger partial charge in [-0.15, -0.1) is 11.3 Å². The van der Waals surface area contributed by atoms with Crippen molar-refractivity contribution in [2.75, 3.05) is 0 Å². The molecule has 1 heterocycles. The second kappa shape index (κ2) is 6.32. The molecule has 0 spiro atoms. The summed E-state index contributed by atoms with van der Waals surface area (Å²) in [5.41, 5.74) is 1.01. The minimum atomic E-state index is -0.763. The lowest BCUT2D eigenvalue weighted by atomic mass is 10.1. The Bertz CT molecular complexity index is 670. The van der Waals surface area contributed by atoms with Crippen LogP contribution in [0.2, 0.25) is 0 Å². The zero-order chi connectivity index (χ0) is 15.6. The Kier molecular flexibility index (Phi) is 4.69. The van der Waals surface area contributed by atoms with Gasteiger partial charge in [0, 0.05) is 34.0 Å². The molecule has 1 atom stereocenters. The van der Waals surface area contributed by atoms with Gasteiger partial charge in [-0.05, 0) is 32.4 Å². The summed E-state index contributed by atoms with van der Waals surface area (Å²) in [4.78, 5) is 12.5. The number of nitro groups is 1. The van der Waals surface area contributed by atoms with Crippen LogP contribution in [0.3, 0.4) is 0 Å². The highest BCUT2D eigenvalue weighted by Gasteiger charge is 2.18. The smallest absolute Gasteiger partial charge is 0.305 e. The van der Waals surface area contributed by atoms with Gasteiger partial charge in [-0.25, -0.2) is 0 Å². The Morgan fingerprint density at radius 3 is 2.71 bits per heavy atom. The van der Waals surface area contributed by atoms with Crippen LogP contribution >= 0.6 is 11.3 Å². The molecule has 0 fully saturated rings. The van der Waals surface area contributed by atoms with Crippen LogP contribution in [0.15, 0.2) is 24.3 Å². The Labute approximate surface area is 126 Å². The Balaban J connectivity index is 2.11. The SMILES string of the molecule is Cc1cc(C(C)NCc2cccc([N+](=O)[O-])c2F)c(C)s1. The van der Waals surface area contributed by atoms with Gasteiger partial charge in [-0.1, -0.05) is 12.1 Å². The van der Waals surface area contributed by atoms with Gasteiger partial charge in [0.05, 0.1) is 4.92 Å². The molecule has 6 heteroatoms. The topological polar surface area (TPSA) is 55.2 Å². The maximum absolute atomic E-state index is 14.0. The molecule has 0 amide bonds. The average molecular weight is 308 g/mol. The van der Waals surface area contributed by atoms with Crippen molar-refractivity contribution >= 4 is 17.0 Å². The molecular weight excluding hydrogens is 291 g/mol. The molecule has 112 valence electrons. The third-order valence-electron chi connectivity index (χ3n) is 3.40. The number of nitrogens with zero attached hydrogens (tertiary/aromatic N) is 1. The molecule has 1 aromatic heterocycles. The van der Waals surface area contributed by atoms with Crippen molar-refractivity contribution in [3.05, 3.63) is 61.1 Å². The van der Waals surface area contributed by atoms with E-state index in [1.54, 1.807) is 17.4 Å². The molecule has 0 radical (unpaired) electrons. The summed E-state index contributed by atoms with van der Waals surface area (Å²) in [6.45, 7) is 6.36. The van der Waals surface area contributed by atoms with E-state index in [1.807, 2.05) is 13.8 Å². The quantitative estimate of drug-likeness (QED) is 0.663. The lowest BCUT2D eigenvalue weighted by molar-refractivity contribution is -0.387. The molecule has 2 rings (SSSR count). The number of rotatable bonds is 5. The highest BCUT2D eigenvalue weighted by Crippen LogP contribution is 2.27. The first-order chi connectivity index (χ1) is 9.90. The number of nitro benzene ring substituents is 1. The molecule has 21 heavy (non-hydrogen) atoms. The minimum Gasteiger partial charge on any atom is -0.306 e. The van der Waals surface area contributed by atoms with Crippen molar-refractivity contribution in [1.29, 1.82) is 0 Å². The molecule has 0 aliphatic heterocycles. The van der Waals surface area contributed by atoms with E-state index in [2.05, 4.69) is 18.3 Å². The molecule has 0 aliphatic rings. The average Bonchev–Trinajstić information content (AvgIpc) is 2.76. The van der Waals surface area contributed by atoms with E-state index in [0.29, 0.717) is 5.56 Å². The van der Waals surface area contributed by atoms with E-state index in [0.717, 1.165) is 0 Å². The second-order valence-electron chi connectivity index (χ2n) is 4.98. The van der Waals surface area contributed by atoms with Crippen LogP contribution in [-0.2, 0) is 6.54 Å². The predicted octanol–water partition coefficient (Wildman–Crippen LogP) is 4.26. The van der Waals surface area contributed by atoms with Crippen LogP contribution in [0.25, 0.3) is 0 Å². The fourth-order valence-corrected chi connectivity index (χ4v) is 3.32. The summed E-state index contributed by atoms with van der Waals surface area (Å²) >= 11 is 1.73. The Hall–Kier alpha value is -1.79. The van der Waals surface area contributed by atoms with E-state index in [4.69, 9.17) is 0 Å². The van der Waals surface area contributed by atoms with Gasteiger partial charge in [-0.3, -0.25) is 10.1 Å². The number of hydrogen-bond acceptors (Lipinski definition) is 4. The standard InChI is InChI=1S/C15H17FN2O2S/c1-9-7-13(11(3)21-9)10(2)17-8-12-5-4-6-14(15(12)16)18(19)20/h4-7,10,17H,8H2,1-3H3. The van der Waals surface area contributed by atoms with Crippen molar-refractivity contribution < 1.29 is 9.31 Å². The third-order valence-corrected chi connectivity index (χ3v) is 4.38. The fourth-order valence-electron chi connectivity index (χ4n) is 2.30. The number of halogens is 1. The molecule has 1 unspecified atom stereocenters. The summed E-state index contributed by atoms with van der Waals surface area (Å²) in [6.07, 6.45) is 0. The first-order valence-electron chi connectivity index (χ1n) is 6.62. The zero-order valence-corrected chi connectivity index (χ0v) is 13.0.